The van der Waals surface area contributed by atoms with E-state index in [4.69, 9.17) is 16.2 Å². The van der Waals surface area contributed by atoms with E-state index in [1.807, 2.05) is 0 Å². The van der Waals surface area contributed by atoms with Crippen molar-refractivity contribution >= 4 is 17.8 Å². The molecule has 0 radical (unpaired) electrons. The Bertz CT molecular complexity index is 557. The molecule has 7 nitrogen and oxygen atoms in total. The average Bonchev–Trinajstić information content (AvgIpc) is 2.56. The third-order valence-corrected chi connectivity index (χ3v) is 3.45. The maximum absolute atomic E-state index is 11.8. The van der Waals surface area contributed by atoms with E-state index in [0.717, 1.165) is 24.8 Å². The lowest BCUT2D eigenvalue weighted by molar-refractivity contribution is -0.132. The van der Waals surface area contributed by atoms with Gasteiger partial charge >= 0.3 is 5.97 Å². The van der Waals surface area contributed by atoms with Crippen molar-refractivity contribution in [2.24, 2.45) is 11.5 Å². The molecule has 0 aliphatic heterocycles. The third kappa shape index (κ3) is 7.23. The van der Waals surface area contributed by atoms with Crippen LogP contribution < -0.4 is 21.5 Å². The average molecular weight is 335 g/mol. The first kappa shape index (κ1) is 19.6. The molecule has 1 aromatic rings. The fourth-order valence-electron chi connectivity index (χ4n) is 2.13. The molecule has 0 heterocycles. The summed E-state index contributed by atoms with van der Waals surface area (Å²) < 4.78 is 4.97. The molecule has 0 bridgehead atoms. The van der Waals surface area contributed by atoms with Crippen molar-refractivity contribution in [3.05, 3.63) is 29.8 Å². The number of carbonyl (C=O) groups excluding carboxylic acids is 3. The summed E-state index contributed by atoms with van der Waals surface area (Å²) in [5.74, 6) is -0.927. The van der Waals surface area contributed by atoms with E-state index in [2.05, 4.69) is 12.2 Å². The summed E-state index contributed by atoms with van der Waals surface area (Å²) in [5.41, 5.74) is 11.3. The largest absolute Gasteiger partial charge is 0.426 e. The SMILES string of the molecule is CCCCCC(=O)NC(Cc1ccc(OC(=O)CN)cc1)C(N)=O. The lowest BCUT2D eigenvalue weighted by Gasteiger charge is -2.16. The first-order valence-electron chi connectivity index (χ1n) is 8.04. The van der Waals surface area contributed by atoms with E-state index < -0.39 is 17.9 Å². The van der Waals surface area contributed by atoms with Crippen LogP contribution >= 0.6 is 0 Å². The van der Waals surface area contributed by atoms with Crippen LogP contribution in [0.25, 0.3) is 0 Å². The van der Waals surface area contributed by atoms with Gasteiger partial charge in [0, 0.05) is 12.8 Å². The first-order chi connectivity index (χ1) is 11.5. The Hall–Kier alpha value is -2.41. The molecule has 132 valence electrons. The number of nitrogens with one attached hydrogen (secondary N) is 1. The second-order valence-electron chi connectivity index (χ2n) is 5.51. The van der Waals surface area contributed by atoms with Gasteiger partial charge in [-0.05, 0) is 24.1 Å². The molecule has 0 saturated carbocycles. The molecule has 0 saturated heterocycles. The molecule has 0 spiro atoms. The van der Waals surface area contributed by atoms with Gasteiger partial charge < -0.3 is 21.5 Å². The standard InChI is InChI=1S/C17H25N3O4/c1-2-3-4-5-15(21)20-14(17(19)23)10-12-6-8-13(9-7-12)24-16(22)11-18/h6-9,14H,2-5,10-11,18H2,1H3,(H2,19,23)(H,20,21). The fraction of sp³-hybridized carbons (Fsp3) is 0.471. The van der Waals surface area contributed by atoms with Crippen molar-refractivity contribution in [3.63, 3.8) is 0 Å². The van der Waals surface area contributed by atoms with Gasteiger partial charge in [0.25, 0.3) is 0 Å². The summed E-state index contributed by atoms with van der Waals surface area (Å²) in [6, 6.07) is 5.85. The Labute approximate surface area is 141 Å². The molecule has 7 heteroatoms. The van der Waals surface area contributed by atoms with Crippen molar-refractivity contribution < 1.29 is 19.1 Å². The number of primary amides is 1. The highest BCUT2D eigenvalue weighted by atomic mass is 16.5. The number of hydrogen-bond acceptors (Lipinski definition) is 5. The second kappa shape index (κ2) is 10.4. The van der Waals surface area contributed by atoms with E-state index in [9.17, 15) is 14.4 Å². The van der Waals surface area contributed by atoms with Crippen molar-refractivity contribution in [1.82, 2.24) is 5.32 Å². The molecule has 0 aliphatic rings. The molecule has 0 aromatic heterocycles. The van der Waals surface area contributed by atoms with Crippen LogP contribution in [0.5, 0.6) is 5.75 Å². The van der Waals surface area contributed by atoms with Gasteiger partial charge in [0.15, 0.2) is 0 Å². The fourth-order valence-corrected chi connectivity index (χ4v) is 2.13. The Balaban J connectivity index is 2.60. The van der Waals surface area contributed by atoms with Crippen LogP contribution in [0, 0.1) is 0 Å². The van der Waals surface area contributed by atoms with Gasteiger partial charge in [0.05, 0.1) is 6.54 Å². The number of amides is 2. The minimum absolute atomic E-state index is 0.180. The number of unbranched alkanes of at least 4 members (excludes halogenated alkanes) is 2. The summed E-state index contributed by atoms with van der Waals surface area (Å²) in [7, 11) is 0. The Morgan fingerprint density at radius 1 is 1.17 bits per heavy atom. The topological polar surface area (TPSA) is 125 Å². The molecule has 24 heavy (non-hydrogen) atoms. The second-order valence-corrected chi connectivity index (χ2v) is 5.51. The van der Waals surface area contributed by atoms with Crippen LogP contribution in [0.3, 0.4) is 0 Å². The predicted molar refractivity (Wildman–Crippen MR) is 90.1 cm³/mol. The summed E-state index contributed by atoms with van der Waals surface area (Å²) in [6.07, 6.45) is 3.44. The van der Waals surface area contributed by atoms with Crippen molar-refractivity contribution in [2.45, 2.75) is 45.1 Å². The highest BCUT2D eigenvalue weighted by Crippen LogP contribution is 2.14. The van der Waals surface area contributed by atoms with Crippen LogP contribution in [0.1, 0.15) is 38.2 Å². The van der Waals surface area contributed by atoms with Crippen LogP contribution in [0.15, 0.2) is 24.3 Å². The molecule has 1 rings (SSSR count). The van der Waals surface area contributed by atoms with Crippen LogP contribution in [0.4, 0.5) is 0 Å². The number of nitrogens with two attached hydrogens (primary N) is 2. The zero-order chi connectivity index (χ0) is 17.9. The van der Waals surface area contributed by atoms with Gasteiger partial charge in [-0.1, -0.05) is 31.9 Å². The number of rotatable bonds is 10. The Morgan fingerprint density at radius 3 is 2.38 bits per heavy atom. The Kier molecular flexibility index (Phi) is 8.49. The zero-order valence-corrected chi connectivity index (χ0v) is 13.9. The number of esters is 1. The normalized spacial score (nSPS) is 11.6. The third-order valence-electron chi connectivity index (χ3n) is 3.45. The monoisotopic (exact) mass is 335 g/mol. The molecule has 1 aromatic carbocycles. The molecular weight excluding hydrogens is 310 g/mol. The van der Waals surface area contributed by atoms with Gasteiger partial charge in [0.1, 0.15) is 11.8 Å². The van der Waals surface area contributed by atoms with Gasteiger partial charge in [-0.2, -0.15) is 0 Å². The van der Waals surface area contributed by atoms with E-state index in [1.54, 1.807) is 24.3 Å². The highest BCUT2D eigenvalue weighted by Gasteiger charge is 2.18. The molecule has 1 unspecified atom stereocenters. The number of hydrogen-bond donors (Lipinski definition) is 3. The van der Waals surface area contributed by atoms with E-state index in [1.165, 1.54) is 0 Å². The van der Waals surface area contributed by atoms with Crippen molar-refractivity contribution in [3.8, 4) is 5.75 Å². The van der Waals surface area contributed by atoms with Crippen LogP contribution in [0.2, 0.25) is 0 Å². The molecule has 5 N–H and O–H groups in total. The van der Waals surface area contributed by atoms with Crippen LogP contribution in [-0.2, 0) is 20.8 Å². The number of carbonyl (C=O) groups is 3. The maximum Gasteiger partial charge on any atom is 0.325 e. The molecule has 2 amide bonds. The number of ether oxygens (including phenoxy) is 1. The lowest BCUT2D eigenvalue weighted by atomic mass is 10.0. The van der Waals surface area contributed by atoms with Gasteiger partial charge in [0.2, 0.25) is 11.8 Å². The quantitative estimate of drug-likeness (QED) is 0.329. The summed E-state index contributed by atoms with van der Waals surface area (Å²) >= 11 is 0. The summed E-state index contributed by atoms with van der Waals surface area (Å²) in [6.45, 7) is 1.86. The first-order valence-corrected chi connectivity index (χ1v) is 8.04. The summed E-state index contributed by atoms with van der Waals surface area (Å²) in [5, 5.41) is 2.66. The van der Waals surface area contributed by atoms with Crippen LogP contribution in [-0.4, -0.2) is 30.4 Å². The van der Waals surface area contributed by atoms with Crippen molar-refractivity contribution in [1.29, 1.82) is 0 Å². The number of benzene rings is 1. The zero-order valence-electron chi connectivity index (χ0n) is 13.9. The minimum atomic E-state index is -0.767. The molecular formula is C17H25N3O4. The minimum Gasteiger partial charge on any atom is -0.426 e. The highest BCUT2D eigenvalue weighted by molar-refractivity contribution is 5.86. The molecule has 1 atom stereocenters. The predicted octanol–water partition coefficient (Wildman–Crippen LogP) is 0.644. The Morgan fingerprint density at radius 2 is 1.83 bits per heavy atom. The maximum atomic E-state index is 11.8. The van der Waals surface area contributed by atoms with Crippen molar-refractivity contribution in [2.75, 3.05) is 6.54 Å². The molecule has 0 fully saturated rings. The molecule has 0 aliphatic carbocycles. The lowest BCUT2D eigenvalue weighted by Crippen LogP contribution is -2.45. The van der Waals surface area contributed by atoms with Gasteiger partial charge in [-0.15, -0.1) is 0 Å². The van der Waals surface area contributed by atoms with E-state index >= 15 is 0 Å². The van der Waals surface area contributed by atoms with E-state index in [-0.39, 0.29) is 18.9 Å². The van der Waals surface area contributed by atoms with Gasteiger partial charge in [-0.25, -0.2) is 0 Å². The summed E-state index contributed by atoms with van der Waals surface area (Å²) in [4.78, 5) is 34.5. The van der Waals surface area contributed by atoms with Gasteiger partial charge in [-0.3, -0.25) is 14.4 Å². The smallest absolute Gasteiger partial charge is 0.325 e. The van der Waals surface area contributed by atoms with E-state index in [0.29, 0.717) is 12.2 Å².